The summed E-state index contributed by atoms with van der Waals surface area (Å²) in [5.74, 6) is -1.56. The number of aromatic carboxylic acids is 1. The minimum absolute atomic E-state index is 0.0315. The molecular formula is C31H29F2N5O5. The van der Waals surface area contributed by atoms with Crippen LogP contribution in [0.3, 0.4) is 0 Å². The SMILES string of the molecule is N#Cc1ccc(OCc2ccc(F)c(OC3CCN(Cc4nc5ccc(C(=O)O)cc5n4CC4CCO4)CC3)n2)c(F)c1. The Kier molecular flexibility index (Phi) is 8.18. The Bertz CT molecular complexity index is 1690. The molecule has 1 atom stereocenters. The fourth-order valence-corrected chi connectivity index (χ4v) is 5.27. The number of hydrogen-bond acceptors (Lipinski definition) is 8. The predicted octanol–water partition coefficient (Wildman–Crippen LogP) is 4.69. The van der Waals surface area contributed by atoms with Crippen LogP contribution in [0.4, 0.5) is 8.78 Å². The number of carboxylic acid groups (broad SMARTS) is 1. The zero-order valence-electron chi connectivity index (χ0n) is 23.2. The molecule has 0 radical (unpaired) electrons. The number of carboxylic acids is 1. The third-order valence-corrected chi connectivity index (χ3v) is 7.74. The number of likely N-dealkylation sites (tertiary alicyclic amines) is 1. The van der Waals surface area contributed by atoms with Gasteiger partial charge in [-0.1, -0.05) is 0 Å². The number of fused-ring (bicyclic) bond motifs is 1. The van der Waals surface area contributed by atoms with Gasteiger partial charge in [0.05, 0.1) is 53.1 Å². The number of aromatic nitrogens is 3. The van der Waals surface area contributed by atoms with Gasteiger partial charge in [-0.05, 0) is 67.8 Å². The molecular weight excluding hydrogens is 560 g/mol. The molecule has 1 N–H and O–H groups in total. The maximum atomic E-state index is 14.6. The number of ether oxygens (including phenoxy) is 3. The predicted molar refractivity (Wildman–Crippen MR) is 150 cm³/mol. The van der Waals surface area contributed by atoms with Crippen molar-refractivity contribution in [3.8, 4) is 17.7 Å². The molecule has 43 heavy (non-hydrogen) atoms. The lowest BCUT2D eigenvalue weighted by Gasteiger charge is -2.32. The Balaban J connectivity index is 1.08. The summed E-state index contributed by atoms with van der Waals surface area (Å²) < 4.78 is 47.9. The van der Waals surface area contributed by atoms with Crippen molar-refractivity contribution in [3.05, 3.63) is 82.8 Å². The highest BCUT2D eigenvalue weighted by molar-refractivity contribution is 5.92. The van der Waals surface area contributed by atoms with Crippen molar-refractivity contribution in [1.82, 2.24) is 19.4 Å². The lowest BCUT2D eigenvalue weighted by atomic mass is 10.1. The van der Waals surface area contributed by atoms with Gasteiger partial charge in [0.2, 0.25) is 0 Å². The molecule has 6 rings (SSSR count). The second-order valence-corrected chi connectivity index (χ2v) is 10.7. The molecule has 2 aromatic carbocycles. The minimum atomic E-state index is -0.984. The average molecular weight is 590 g/mol. The summed E-state index contributed by atoms with van der Waals surface area (Å²) >= 11 is 0. The van der Waals surface area contributed by atoms with E-state index in [9.17, 15) is 18.7 Å². The van der Waals surface area contributed by atoms with Gasteiger partial charge >= 0.3 is 5.97 Å². The van der Waals surface area contributed by atoms with Crippen molar-refractivity contribution >= 4 is 17.0 Å². The van der Waals surface area contributed by atoms with Gasteiger partial charge in [0.25, 0.3) is 5.88 Å². The van der Waals surface area contributed by atoms with E-state index < -0.39 is 17.6 Å². The molecule has 1 unspecified atom stereocenters. The molecule has 2 saturated heterocycles. The molecule has 12 heteroatoms. The highest BCUT2D eigenvalue weighted by atomic mass is 19.1. The number of halogens is 2. The highest BCUT2D eigenvalue weighted by Crippen LogP contribution is 2.26. The third-order valence-electron chi connectivity index (χ3n) is 7.74. The first-order valence-electron chi connectivity index (χ1n) is 14.1. The third kappa shape index (κ3) is 6.43. The highest BCUT2D eigenvalue weighted by Gasteiger charge is 2.26. The number of piperidine rings is 1. The van der Waals surface area contributed by atoms with Crippen molar-refractivity contribution in [2.45, 2.75) is 51.2 Å². The summed E-state index contributed by atoms with van der Waals surface area (Å²) in [5, 5.41) is 18.4. The Morgan fingerprint density at radius 2 is 1.88 bits per heavy atom. The second kappa shape index (κ2) is 12.3. The monoisotopic (exact) mass is 589 g/mol. The maximum Gasteiger partial charge on any atom is 0.335 e. The standard InChI is InChI=1S/C31H29F2N5O5/c32-24-4-3-21(18-42-28-6-1-19(15-34)13-25(28)33)35-30(24)43-22-7-10-37(11-8-22)17-29-36-26-5-2-20(31(39)40)14-27(26)38(29)16-23-9-12-41-23/h1-6,13-14,22-23H,7-12,16-18H2,(H,39,40). The van der Waals surface area contributed by atoms with E-state index in [4.69, 9.17) is 24.5 Å². The van der Waals surface area contributed by atoms with Crippen molar-refractivity contribution in [2.75, 3.05) is 19.7 Å². The Hall–Kier alpha value is -4.60. The summed E-state index contributed by atoms with van der Waals surface area (Å²) in [4.78, 5) is 22.9. The summed E-state index contributed by atoms with van der Waals surface area (Å²) in [5.41, 5.74) is 2.28. The van der Waals surface area contributed by atoms with Gasteiger partial charge in [-0.25, -0.2) is 23.5 Å². The van der Waals surface area contributed by atoms with Crippen molar-refractivity contribution < 1.29 is 32.9 Å². The van der Waals surface area contributed by atoms with Crippen molar-refractivity contribution in [1.29, 1.82) is 5.26 Å². The minimum Gasteiger partial charge on any atom is -0.484 e. The van der Waals surface area contributed by atoms with Crippen molar-refractivity contribution in [2.24, 2.45) is 0 Å². The van der Waals surface area contributed by atoms with Crippen LogP contribution in [0.15, 0.2) is 48.5 Å². The van der Waals surface area contributed by atoms with Crippen LogP contribution in [-0.2, 0) is 24.4 Å². The average Bonchev–Trinajstić information content (AvgIpc) is 3.32. The Labute approximate surface area is 246 Å². The zero-order valence-corrected chi connectivity index (χ0v) is 23.2. The summed E-state index contributed by atoms with van der Waals surface area (Å²) in [6.45, 7) is 3.19. The lowest BCUT2D eigenvalue weighted by molar-refractivity contribution is -0.0592. The van der Waals surface area contributed by atoms with Gasteiger partial charge in [-0.3, -0.25) is 4.90 Å². The molecule has 0 bridgehead atoms. The van der Waals surface area contributed by atoms with Crippen molar-refractivity contribution in [3.63, 3.8) is 0 Å². The van der Waals surface area contributed by atoms with Gasteiger partial charge in [-0.2, -0.15) is 5.26 Å². The van der Waals surface area contributed by atoms with E-state index in [0.717, 1.165) is 36.0 Å². The molecule has 10 nitrogen and oxygen atoms in total. The quantitative estimate of drug-likeness (QED) is 0.281. The molecule has 222 valence electrons. The molecule has 2 aliphatic heterocycles. The molecule has 2 fully saturated rings. The van der Waals surface area contributed by atoms with Gasteiger partial charge < -0.3 is 23.9 Å². The van der Waals surface area contributed by atoms with Crippen LogP contribution in [0.2, 0.25) is 0 Å². The number of nitrogens with zero attached hydrogens (tertiary/aromatic N) is 5. The number of carbonyl (C=O) groups is 1. The van der Waals surface area contributed by atoms with E-state index in [1.165, 1.54) is 24.3 Å². The van der Waals surface area contributed by atoms with E-state index >= 15 is 0 Å². The molecule has 2 aromatic heterocycles. The van der Waals surface area contributed by atoms with Crippen LogP contribution in [-0.4, -0.2) is 62.4 Å². The largest absolute Gasteiger partial charge is 0.484 e. The van der Waals surface area contributed by atoms with Gasteiger partial charge in [0.15, 0.2) is 17.4 Å². The van der Waals surface area contributed by atoms with E-state index in [1.807, 2.05) is 6.07 Å². The van der Waals surface area contributed by atoms with Gasteiger partial charge in [-0.15, -0.1) is 0 Å². The van der Waals surface area contributed by atoms with Crippen LogP contribution in [0.25, 0.3) is 11.0 Å². The fraction of sp³-hybridized carbons (Fsp3) is 0.355. The molecule has 2 aliphatic rings. The van der Waals surface area contributed by atoms with E-state index in [0.29, 0.717) is 44.7 Å². The first-order chi connectivity index (χ1) is 20.9. The van der Waals surface area contributed by atoms with Crippen LogP contribution in [0.1, 0.15) is 46.7 Å². The lowest BCUT2D eigenvalue weighted by Crippen LogP contribution is -2.39. The van der Waals surface area contributed by atoms with Gasteiger partial charge in [0.1, 0.15) is 18.5 Å². The molecule has 0 spiro atoms. The number of hydrogen-bond donors (Lipinski definition) is 1. The number of benzene rings is 2. The maximum absolute atomic E-state index is 14.6. The van der Waals surface area contributed by atoms with Crippen LogP contribution >= 0.6 is 0 Å². The zero-order chi connectivity index (χ0) is 29.9. The molecule has 4 heterocycles. The smallest absolute Gasteiger partial charge is 0.335 e. The molecule has 4 aromatic rings. The second-order valence-electron chi connectivity index (χ2n) is 10.7. The number of pyridine rings is 1. The molecule has 0 aliphatic carbocycles. The van der Waals surface area contributed by atoms with Crippen LogP contribution in [0.5, 0.6) is 11.6 Å². The topological polar surface area (TPSA) is 123 Å². The first-order valence-corrected chi connectivity index (χ1v) is 14.1. The molecule has 0 saturated carbocycles. The van der Waals surface area contributed by atoms with Crippen LogP contribution in [0, 0.1) is 23.0 Å². The van der Waals surface area contributed by atoms with Crippen LogP contribution < -0.4 is 9.47 Å². The first kappa shape index (κ1) is 28.5. The van der Waals surface area contributed by atoms with E-state index in [1.54, 1.807) is 18.2 Å². The van der Waals surface area contributed by atoms with E-state index in [2.05, 4.69) is 14.5 Å². The number of imidazole rings is 1. The number of nitriles is 1. The summed E-state index contributed by atoms with van der Waals surface area (Å²) in [6.07, 6.45) is 2.08. The summed E-state index contributed by atoms with van der Waals surface area (Å²) in [7, 11) is 0. The van der Waals surface area contributed by atoms with Gasteiger partial charge in [0, 0.05) is 19.7 Å². The molecule has 0 amide bonds. The fourth-order valence-electron chi connectivity index (χ4n) is 5.27. The normalized spacial score (nSPS) is 17.4. The summed E-state index contributed by atoms with van der Waals surface area (Å²) in [6, 6.07) is 13.4. The Morgan fingerprint density at radius 3 is 2.58 bits per heavy atom. The Morgan fingerprint density at radius 1 is 1.07 bits per heavy atom. The van der Waals surface area contributed by atoms with E-state index in [-0.39, 0.29) is 41.6 Å². The number of rotatable bonds is 10.